The highest BCUT2D eigenvalue weighted by Gasteiger charge is 2.17. The lowest BCUT2D eigenvalue weighted by Crippen LogP contribution is -2.02. The Bertz CT molecular complexity index is 734. The Kier molecular flexibility index (Phi) is 4.67. The van der Waals surface area contributed by atoms with Crippen LogP contribution in [0.1, 0.15) is 5.56 Å². The second-order valence-electron chi connectivity index (χ2n) is 3.91. The molecule has 2 aromatic rings. The molecule has 2 rings (SSSR count). The quantitative estimate of drug-likeness (QED) is 0.751. The van der Waals surface area contributed by atoms with Crippen molar-refractivity contribution in [3.63, 3.8) is 0 Å². The predicted molar refractivity (Wildman–Crippen MR) is 77.9 cm³/mol. The summed E-state index contributed by atoms with van der Waals surface area (Å²) in [5.74, 6) is -0.341. The summed E-state index contributed by atoms with van der Waals surface area (Å²) in [5.41, 5.74) is 0.327. The summed E-state index contributed by atoms with van der Waals surface area (Å²) in [6.45, 7) is -0.0896. The first-order valence-corrected chi connectivity index (χ1v) is 8.58. The molecular formula is C13H9BrClFO3S. The van der Waals surface area contributed by atoms with Crippen LogP contribution in [0.4, 0.5) is 4.39 Å². The molecule has 0 fully saturated rings. The first kappa shape index (κ1) is 15.3. The van der Waals surface area contributed by atoms with Gasteiger partial charge in [0.2, 0.25) is 0 Å². The van der Waals surface area contributed by atoms with Crippen LogP contribution in [0.15, 0.2) is 51.8 Å². The molecule has 106 valence electrons. The van der Waals surface area contributed by atoms with E-state index in [4.69, 9.17) is 15.4 Å². The molecule has 20 heavy (non-hydrogen) atoms. The summed E-state index contributed by atoms with van der Waals surface area (Å²) < 4.78 is 42.3. The lowest BCUT2D eigenvalue weighted by atomic mass is 10.2. The van der Waals surface area contributed by atoms with Gasteiger partial charge in [0.25, 0.3) is 9.05 Å². The van der Waals surface area contributed by atoms with E-state index < -0.39 is 14.9 Å². The Morgan fingerprint density at radius 3 is 2.55 bits per heavy atom. The molecule has 0 unspecified atom stereocenters. The number of ether oxygens (including phenoxy) is 1. The molecule has 0 aliphatic carbocycles. The summed E-state index contributed by atoms with van der Waals surface area (Å²) in [6.07, 6.45) is 0. The molecule has 0 amide bonds. The fourth-order valence-corrected chi connectivity index (χ4v) is 3.07. The van der Waals surface area contributed by atoms with Crippen molar-refractivity contribution in [2.75, 3.05) is 0 Å². The van der Waals surface area contributed by atoms with E-state index in [-0.39, 0.29) is 17.3 Å². The van der Waals surface area contributed by atoms with E-state index in [0.717, 1.165) is 0 Å². The average Bonchev–Trinajstić information content (AvgIpc) is 2.38. The third kappa shape index (κ3) is 3.71. The van der Waals surface area contributed by atoms with Crippen LogP contribution in [-0.4, -0.2) is 8.42 Å². The van der Waals surface area contributed by atoms with Crippen LogP contribution in [0, 0.1) is 5.82 Å². The minimum Gasteiger partial charge on any atom is -0.487 e. The van der Waals surface area contributed by atoms with E-state index in [1.807, 2.05) is 0 Å². The van der Waals surface area contributed by atoms with Crippen molar-refractivity contribution in [1.82, 2.24) is 0 Å². The minimum absolute atomic E-state index is 0.0754. The van der Waals surface area contributed by atoms with Gasteiger partial charge in [0.15, 0.2) is 0 Å². The van der Waals surface area contributed by atoms with Gasteiger partial charge in [-0.1, -0.05) is 34.1 Å². The summed E-state index contributed by atoms with van der Waals surface area (Å²) >= 11 is 3.16. The molecule has 0 heterocycles. The fourth-order valence-electron chi connectivity index (χ4n) is 1.56. The lowest BCUT2D eigenvalue weighted by molar-refractivity contribution is 0.292. The van der Waals surface area contributed by atoms with Crippen LogP contribution in [0.2, 0.25) is 0 Å². The third-order valence-electron chi connectivity index (χ3n) is 2.51. The van der Waals surface area contributed by atoms with Gasteiger partial charge in [0, 0.05) is 20.7 Å². The molecule has 0 aliphatic heterocycles. The fraction of sp³-hybridized carbons (Fsp3) is 0.0769. The largest absolute Gasteiger partial charge is 0.487 e. The van der Waals surface area contributed by atoms with E-state index in [9.17, 15) is 12.8 Å². The van der Waals surface area contributed by atoms with Crippen molar-refractivity contribution in [3.8, 4) is 5.75 Å². The zero-order chi connectivity index (χ0) is 14.8. The van der Waals surface area contributed by atoms with Gasteiger partial charge in [-0.05, 0) is 24.3 Å². The van der Waals surface area contributed by atoms with E-state index in [1.165, 1.54) is 18.2 Å². The van der Waals surface area contributed by atoms with Gasteiger partial charge < -0.3 is 4.74 Å². The molecular weight excluding hydrogens is 371 g/mol. The highest BCUT2D eigenvalue weighted by Crippen LogP contribution is 2.30. The molecule has 0 saturated heterocycles. The van der Waals surface area contributed by atoms with E-state index in [0.29, 0.717) is 10.0 Å². The van der Waals surface area contributed by atoms with Gasteiger partial charge in [-0.3, -0.25) is 0 Å². The second-order valence-corrected chi connectivity index (χ2v) is 7.36. The van der Waals surface area contributed by atoms with Gasteiger partial charge in [0.1, 0.15) is 23.1 Å². The van der Waals surface area contributed by atoms with Crippen LogP contribution >= 0.6 is 26.6 Å². The smallest absolute Gasteiger partial charge is 0.265 e. The molecule has 0 N–H and O–H groups in total. The molecule has 7 heteroatoms. The number of hydrogen-bond acceptors (Lipinski definition) is 3. The predicted octanol–water partition coefficient (Wildman–Crippen LogP) is 4.09. The van der Waals surface area contributed by atoms with E-state index >= 15 is 0 Å². The first-order chi connectivity index (χ1) is 9.38. The zero-order valence-electron chi connectivity index (χ0n) is 10.0. The molecule has 0 saturated carbocycles. The number of rotatable bonds is 4. The molecule has 0 atom stereocenters. The topological polar surface area (TPSA) is 43.4 Å². The van der Waals surface area contributed by atoms with Crippen molar-refractivity contribution in [1.29, 1.82) is 0 Å². The van der Waals surface area contributed by atoms with Crippen LogP contribution in [0.25, 0.3) is 0 Å². The van der Waals surface area contributed by atoms with Crippen LogP contribution < -0.4 is 4.74 Å². The Morgan fingerprint density at radius 2 is 1.90 bits per heavy atom. The SMILES string of the molecule is O=S(=O)(Cl)c1cc(Br)ccc1OCc1ccccc1F. The normalized spacial score (nSPS) is 11.3. The van der Waals surface area contributed by atoms with Crippen LogP contribution in [0.3, 0.4) is 0 Å². The monoisotopic (exact) mass is 378 g/mol. The van der Waals surface area contributed by atoms with E-state index in [1.54, 1.807) is 24.3 Å². The van der Waals surface area contributed by atoms with Gasteiger partial charge in [-0.15, -0.1) is 0 Å². The molecule has 3 nitrogen and oxygen atoms in total. The Hall–Kier alpha value is -1.11. The molecule has 0 bridgehead atoms. The Labute approximate surface area is 128 Å². The maximum Gasteiger partial charge on any atom is 0.265 e. The summed E-state index contributed by atoms with van der Waals surface area (Å²) in [4.78, 5) is -0.162. The molecule has 0 aliphatic rings. The van der Waals surface area contributed by atoms with Gasteiger partial charge >= 0.3 is 0 Å². The van der Waals surface area contributed by atoms with Crippen molar-refractivity contribution < 1.29 is 17.5 Å². The second kappa shape index (κ2) is 6.11. The number of halogens is 3. The van der Waals surface area contributed by atoms with Crippen molar-refractivity contribution in [2.45, 2.75) is 11.5 Å². The first-order valence-electron chi connectivity index (χ1n) is 5.48. The third-order valence-corrected chi connectivity index (χ3v) is 4.35. The minimum atomic E-state index is -3.95. The molecule has 0 aromatic heterocycles. The van der Waals surface area contributed by atoms with Crippen molar-refractivity contribution in [3.05, 3.63) is 58.3 Å². The average molecular weight is 380 g/mol. The maximum atomic E-state index is 13.5. The molecule has 0 spiro atoms. The Morgan fingerprint density at radius 1 is 1.20 bits per heavy atom. The summed E-state index contributed by atoms with van der Waals surface area (Å²) in [6, 6.07) is 10.5. The number of benzene rings is 2. The van der Waals surface area contributed by atoms with E-state index in [2.05, 4.69) is 15.9 Å². The molecule has 0 radical (unpaired) electrons. The highest BCUT2D eigenvalue weighted by atomic mass is 79.9. The van der Waals surface area contributed by atoms with Crippen molar-refractivity contribution >= 4 is 35.7 Å². The van der Waals surface area contributed by atoms with Gasteiger partial charge in [-0.2, -0.15) is 0 Å². The van der Waals surface area contributed by atoms with Gasteiger partial charge in [0.05, 0.1) is 0 Å². The number of hydrogen-bond donors (Lipinski definition) is 0. The lowest BCUT2D eigenvalue weighted by Gasteiger charge is -2.10. The maximum absolute atomic E-state index is 13.5. The summed E-state index contributed by atoms with van der Waals surface area (Å²) in [7, 11) is 1.40. The standard InChI is InChI=1S/C13H9BrClFO3S/c14-10-5-6-12(13(7-10)20(15,17)18)19-8-9-3-1-2-4-11(9)16/h1-7H,8H2. The summed E-state index contributed by atoms with van der Waals surface area (Å²) in [5, 5.41) is 0. The Balaban J connectivity index is 2.29. The molecule has 2 aromatic carbocycles. The zero-order valence-corrected chi connectivity index (χ0v) is 13.2. The van der Waals surface area contributed by atoms with Gasteiger partial charge in [-0.25, -0.2) is 12.8 Å². The highest BCUT2D eigenvalue weighted by molar-refractivity contribution is 9.10. The van der Waals surface area contributed by atoms with Crippen LogP contribution in [-0.2, 0) is 15.7 Å². The van der Waals surface area contributed by atoms with Crippen molar-refractivity contribution in [2.24, 2.45) is 0 Å². The van der Waals surface area contributed by atoms with Crippen LogP contribution in [0.5, 0.6) is 5.75 Å².